The Kier molecular flexibility index (Phi) is 8.33. The fourth-order valence-electron chi connectivity index (χ4n) is 1.24. The van der Waals surface area contributed by atoms with E-state index < -0.39 is 0 Å². The van der Waals surface area contributed by atoms with E-state index in [1.165, 1.54) is 0 Å². The number of hydrogen-bond donors (Lipinski definition) is 2. The molecule has 0 heterocycles. The highest BCUT2D eigenvalue weighted by Crippen LogP contribution is 2.05. The van der Waals surface area contributed by atoms with Crippen molar-refractivity contribution in [3.8, 4) is 0 Å². The van der Waals surface area contributed by atoms with Crippen molar-refractivity contribution < 1.29 is 9.47 Å². The second-order valence-corrected chi connectivity index (χ2v) is 3.02. The van der Waals surface area contributed by atoms with Crippen LogP contribution in [0.25, 0.3) is 0 Å². The molecule has 0 aliphatic heterocycles. The zero-order chi connectivity index (χ0) is 10.1. The monoisotopic (exact) mass is 190 g/mol. The molecular formula is C9H22N2O2. The van der Waals surface area contributed by atoms with Crippen molar-refractivity contribution in [3.63, 3.8) is 0 Å². The van der Waals surface area contributed by atoms with Gasteiger partial charge in [0, 0.05) is 26.4 Å². The smallest absolute Gasteiger partial charge is 0.0738 e. The summed E-state index contributed by atoms with van der Waals surface area (Å²) < 4.78 is 10.4. The summed E-state index contributed by atoms with van der Waals surface area (Å²) in [6.45, 7) is 3.94. The van der Waals surface area contributed by atoms with Crippen LogP contribution < -0.4 is 11.5 Å². The van der Waals surface area contributed by atoms with Gasteiger partial charge in [0.05, 0.1) is 6.10 Å². The maximum Gasteiger partial charge on any atom is 0.0738 e. The first-order valence-corrected chi connectivity index (χ1v) is 4.82. The molecule has 0 spiro atoms. The molecule has 0 aliphatic carbocycles. The van der Waals surface area contributed by atoms with Crippen LogP contribution in [0.4, 0.5) is 0 Å². The molecule has 0 saturated carbocycles. The summed E-state index contributed by atoms with van der Waals surface area (Å²) in [6, 6.07) is 0.0310. The molecule has 4 nitrogen and oxygen atoms in total. The van der Waals surface area contributed by atoms with Gasteiger partial charge in [0.1, 0.15) is 0 Å². The van der Waals surface area contributed by atoms with Gasteiger partial charge in [-0.1, -0.05) is 0 Å². The first kappa shape index (κ1) is 12.8. The van der Waals surface area contributed by atoms with Crippen molar-refractivity contribution in [2.75, 3.05) is 26.9 Å². The minimum Gasteiger partial charge on any atom is -0.385 e. The molecular weight excluding hydrogens is 168 g/mol. The van der Waals surface area contributed by atoms with Gasteiger partial charge in [0.2, 0.25) is 0 Å². The third-order valence-corrected chi connectivity index (χ3v) is 1.96. The van der Waals surface area contributed by atoms with Crippen molar-refractivity contribution in [1.82, 2.24) is 0 Å². The number of nitrogens with two attached hydrogens (primary N) is 2. The average Bonchev–Trinajstić information content (AvgIpc) is 2.14. The molecule has 0 aromatic rings. The van der Waals surface area contributed by atoms with E-state index in [9.17, 15) is 0 Å². The second-order valence-electron chi connectivity index (χ2n) is 3.02. The molecule has 4 N–H and O–H groups in total. The Morgan fingerprint density at radius 1 is 1.31 bits per heavy atom. The van der Waals surface area contributed by atoms with Crippen molar-refractivity contribution in [1.29, 1.82) is 0 Å². The molecule has 2 atom stereocenters. The second kappa shape index (κ2) is 8.44. The van der Waals surface area contributed by atoms with Gasteiger partial charge >= 0.3 is 0 Å². The summed E-state index contributed by atoms with van der Waals surface area (Å²) in [5.41, 5.74) is 11.4. The summed E-state index contributed by atoms with van der Waals surface area (Å²) in [6.07, 6.45) is 1.71. The zero-order valence-corrected chi connectivity index (χ0v) is 8.66. The maximum absolute atomic E-state index is 5.92. The van der Waals surface area contributed by atoms with Crippen LogP contribution >= 0.6 is 0 Å². The van der Waals surface area contributed by atoms with Gasteiger partial charge in [-0.05, 0) is 26.3 Å². The van der Waals surface area contributed by atoms with Gasteiger partial charge in [-0.15, -0.1) is 0 Å². The van der Waals surface area contributed by atoms with E-state index in [0.29, 0.717) is 19.8 Å². The molecule has 0 fully saturated rings. The standard InChI is InChI=1S/C9H22N2O2/c1-3-13-9(4-6-10)8(11)5-7-12-2/h8-9H,3-7,10-11H2,1-2H3. The maximum atomic E-state index is 5.92. The highest BCUT2D eigenvalue weighted by atomic mass is 16.5. The van der Waals surface area contributed by atoms with Crippen LogP contribution in [0.1, 0.15) is 19.8 Å². The van der Waals surface area contributed by atoms with Crippen LogP contribution in [-0.2, 0) is 9.47 Å². The predicted molar refractivity (Wildman–Crippen MR) is 53.6 cm³/mol. The molecule has 0 rings (SSSR count). The molecule has 4 heteroatoms. The van der Waals surface area contributed by atoms with Crippen LogP contribution in [0.5, 0.6) is 0 Å². The third-order valence-electron chi connectivity index (χ3n) is 1.96. The Labute approximate surface area is 80.6 Å². The minimum atomic E-state index is 0.0310. The van der Waals surface area contributed by atoms with Crippen molar-refractivity contribution in [3.05, 3.63) is 0 Å². The Morgan fingerprint density at radius 3 is 2.46 bits per heavy atom. The van der Waals surface area contributed by atoms with Gasteiger partial charge < -0.3 is 20.9 Å². The lowest BCUT2D eigenvalue weighted by Gasteiger charge is -2.22. The van der Waals surface area contributed by atoms with Crippen LogP contribution in [-0.4, -0.2) is 39.0 Å². The summed E-state index contributed by atoms with van der Waals surface area (Å²) in [5, 5.41) is 0. The summed E-state index contributed by atoms with van der Waals surface area (Å²) in [4.78, 5) is 0. The molecule has 0 aromatic carbocycles. The van der Waals surface area contributed by atoms with Gasteiger partial charge in [0.15, 0.2) is 0 Å². The Balaban J connectivity index is 3.72. The number of methoxy groups -OCH3 is 1. The van der Waals surface area contributed by atoms with Gasteiger partial charge in [-0.2, -0.15) is 0 Å². The normalized spacial score (nSPS) is 15.7. The molecule has 80 valence electrons. The van der Waals surface area contributed by atoms with Gasteiger partial charge in [0.25, 0.3) is 0 Å². The average molecular weight is 190 g/mol. The molecule has 0 saturated heterocycles. The SMILES string of the molecule is CCOC(CCN)C(N)CCOC. The van der Waals surface area contributed by atoms with E-state index >= 15 is 0 Å². The van der Waals surface area contributed by atoms with E-state index in [4.69, 9.17) is 20.9 Å². The lowest BCUT2D eigenvalue weighted by Crippen LogP contribution is -2.39. The molecule has 0 aliphatic rings. The number of hydrogen-bond acceptors (Lipinski definition) is 4. The van der Waals surface area contributed by atoms with E-state index in [1.54, 1.807) is 7.11 Å². The Hall–Kier alpha value is -0.160. The minimum absolute atomic E-state index is 0.0310. The lowest BCUT2D eigenvalue weighted by atomic mass is 10.1. The van der Waals surface area contributed by atoms with Crippen molar-refractivity contribution in [2.24, 2.45) is 11.5 Å². The lowest BCUT2D eigenvalue weighted by molar-refractivity contribution is 0.0315. The number of ether oxygens (including phenoxy) is 2. The zero-order valence-electron chi connectivity index (χ0n) is 8.66. The first-order valence-electron chi connectivity index (χ1n) is 4.82. The highest BCUT2D eigenvalue weighted by molar-refractivity contribution is 4.73. The summed E-state index contributed by atoms with van der Waals surface area (Å²) >= 11 is 0. The fraction of sp³-hybridized carbons (Fsp3) is 1.00. The first-order chi connectivity index (χ1) is 6.26. The molecule has 0 radical (unpaired) electrons. The third kappa shape index (κ3) is 5.99. The van der Waals surface area contributed by atoms with Gasteiger partial charge in [-0.25, -0.2) is 0 Å². The van der Waals surface area contributed by atoms with E-state index in [-0.39, 0.29) is 12.1 Å². The Morgan fingerprint density at radius 2 is 2.00 bits per heavy atom. The van der Waals surface area contributed by atoms with Crippen molar-refractivity contribution in [2.45, 2.75) is 31.9 Å². The summed E-state index contributed by atoms with van der Waals surface area (Å²) in [7, 11) is 1.67. The van der Waals surface area contributed by atoms with Crippen LogP contribution in [0, 0.1) is 0 Å². The molecule has 0 amide bonds. The summed E-state index contributed by atoms with van der Waals surface area (Å²) in [5.74, 6) is 0. The van der Waals surface area contributed by atoms with Gasteiger partial charge in [-0.3, -0.25) is 0 Å². The molecule has 0 bridgehead atoms. The Bertz CT molecular complexity index is 106. The largest absolute Gasteiger partial charge is 0.385 e. The quantitative estimate of drug-likeness (QED) is 0.569. The van der Waals surface area contributed by atoms with E-state index in [2.05, 4.69) is 0 Å². The number of rotatable bonds is 8. The topological polar surface area (TPSA) is 70.5 Å². The van der Waals surface area contributed by atoms with Crippen LogP contribution in [0.15, 0.2) is 0 Å². The predicted octanol–water partition coefficient (Wildman–Crippen LogP) is 0.104. The molecule has 2 unspecified atom stereocenters. The van der Waals surface area contributed by atoms with Crippen LogP contribution in [0.3, 0.4) is 0 Å². The van der Waals surface area contributed by atoms with Crippen molar-refractivity contribution >= 4 is 0 Å². The van der Waals surface area contributed by atoms with Crippen LogP contribution in [0.2, 0.25) is 0 Å². The van der Waals surface area contributed by atoms with E-state index in [1.807, 2.05) is 6.92 Å². The highest BCUT2D eigenvalue weighted by Gasteiger charge is 2.16. The fourth-order valence-corrected chi connectivity index (χ4v) is 1.24. The van der Waals surface area contributed by atoms with E-state index in [0.717, 1.165) is 12.8 Å². The molecule has 0 aromatic heterocycles. The molecule has 13 heavy (non-hydrogen) atoms.